The van der Waals surface area contributed by atoms with Gasteiger partial charge in [0.25, 0.3) is 0 Å². The first kappa shape index (κ1) is 13.4. The van der Waals surface area contributed by atoms with Crippen LogP contribution in [0.3, 0.4) is 0 Å². The molecule has 0 aromatic rings. The first-order valence-electron chi connectivity index (χ1n) is 5.26. The van der Waals surface area contributed by atoms with Gasteiger partial charge in [0.2, 0.25) is 10.0 Å². The van der Waals surface area contributed by atoms with Crippen molar-refractivity contribution in [1.82, 2.24) is 4.31 Å². The van der Waals surface area contributed by atoms with E-state index in [1.165, 1.54) is 11.4 Å². The summed E-state index contributed by atoms with van der Waals surface area (Å²) in [6.07, 6.45) is 1.52. The fraction of sp³-hybridized carbons (Fsp3) is 0.889. The average Bonchev–Trinajstić information content (AvgIpc) is 2.26. The Kier molecular flexibility index (Phi) is 4.69. The summed E-state index contributed by atoms with van der Waals surface area (Å²) < 4.78 is 29.4. The zero-order valence-corrected chi connectivity index (χ0v) is 10.2. The van der Waals surface area contributed by atoms with E-state index in [-0.39, 0.29) is 18.2 Å². The van der Waals surface area contributed by atoms with E-state index in [4.69, 9.17) is 5.73 Å². The number of nitrogens with two attached hydrogens (primary N) is 1. The number of nitrogens with zero attached hydrogens (tertiary/aromatic N) is 1. The van der Waals surface area contributed by atoms with Crippen LogP contribution in [-0.4, -0.2) is 50.7 Å². The van der Waals surface area contributed by atoms with Crippen LogP contribution in [0.5, 0.6) is 0 Å². The van der Waals surface area contributed by atoms with Crippen molar-refractivity contribution in [3.05, 3.63) is 0 Å². The van der Waals surface area contributed by atoms with Gasteiger partial charge in [0, 0.05) is 19.1 Å². The highest BCUT2D eigenvalue weighted by atomic mass is 32.2. The number of hydrogen-bond donors (Lipinski definition) is 1. The maximum absolute atomic E-state index is 11.8. The summed E-state index contributed by atoms with van der Waals surface area (Å²) in [5.41, 5.74) is 5.71. The average molecular weight is 250 g/mol. The third-order valence-electron chi connectivity index (χ3n) is 2.61. The molecule has 0 spiro atoms. The molecule has 1 aliphatic rings. The molecule has 0 saturated carbocycles. The molecule has 1 atom stereocenters. The van der Waals surface area contributed by atoms with Crippen molar-refractivity contribution in [2.24, 2.45) is 5.73 Å². The van der Waals surface area contributed by atoms with Crippen molar-refractivity contribution in [2.45, 2.75) is 25.3 Å². The van der Waals surface area contributed by atoms with Crippen molar-refractivity contribution >= 4 is 16.0 Å². The molecular formula is C9H18N2O4S. The zero-order chi connectivity index (χ0) is 12.2. The molecule has 1 rings (SSSR count). The standard InChI is InChI=1S/C9H18N2O4S/c1-15-9(12)4-6-16(13,14)11-5-2-3-8(10)7-11/h8H,2-7,10H2,1H3/t8-/m1/s1. The lowest BCUT2D eigenvalue weighted by Crippen LogP contribution is -2.46. The van der Waals surface area contributed by atoms with E-state index < -0.39 is 16.0 Å². The SMILES string of the molecule is COC(=O)CCS(=O)(=O)N1CCC[C@@H](N)C1. The number of methoxy groups -OCH3 is 1. The largest absolute Gasteiger partial charge is 0.469 e. The minimum Gasteiger partial charge on any atom is -0.469 e. The molecule has 16 heavy (non-hydrogen) atoms. The lowest BCUT2D eigenvalue weighted by Gasteiger charge is -2.29. The molecule has 1 aliphatic heterocycles. The van der Waals surface area contributed by atoms with Crippen LogP contribution < -0.4 is 5.73 Å². The number of sulfonamides is 1. The monoisotopic (exact) mass is 250 g/mol. The van der Waals surface area contributed by atoms with Gasteiger partial charge in [-0.3, -0.25) is 4.79 Å². The summed E-state index contributed by atoms with van der Waals surface area (Å²) in [6.45, 7) is 0.848. The van der Waals surface area contributed by atoms with Crippen LogP contribution in [0.25, 0.3) is 0 Å². The second kappa shape index (κ2) is 5.60. The Bertz CT molecular complexity index is 341. The number of piperidine rings is 1. The fourth-order valence-corrected chi connectivity index (χ4v) is 3.18. The van der Waals surface area contributed by atoms with Gasteiger partial charge < -0.3 is 10.5 Å². The smallest absolute Gasteiger partial charge is 0.306 e. The zero-order valence-electron chi connectivity index (χ0n) is 9.39. The van der Waals surface area contributed by atoms with Gasteiger partial charge in [0.15, 0.2) is 0 Å². The molecule has 0 radical (unpaired) electrons. The molecule has 6 nitrogen and oxygen atoms in total. The van der Waals surface area contributed by atoms with Gasteiger partial charge >= 0.3 is 5.97 Å². The normalized spacial score (nSPS) is 23.0. The van der Waals surface area contributed by atoms with Crippen LogP contribution in [0.15, 0.2) is 0 Å². The topological polar surface area (TPSA) is 89.7 Å². The Balaban J connectivity index is 2.52. The lowest BCUT2D eigenvalue weighted by atomic mass is 10.1. The Hall–Kier alpha value is -0.660. The summed E-state index contributed by atoms with van der Waals surface area (Å²) >= 11 is 0. The van der Waals surface area contributed by atoms with Crippen molar-refractivity contribution in [3.8, 4) is 0 Å². The summed E-state index contributed by atoms with van der Waals surface area (Å²) in [6, 6.07) is -0.0957. The van der Waals surface area contributed by atoms with Crippen LogP contribution in [-0.2, 0) is 19.6 Å². The van der Waals surface area contributed by atoms with Crippen LogP contribution >= 0.6 is 0 Å². The van der Waals surface area contributed by atoms with Crippen LogP contribution in [0.2, 0.25) is 0 Å². The predicted octanol–water partition coefficient (Wildman–Crippen LogP) is -0.698. The molecule has 0 aliphatic carbocycles. The van der Waals surface area contributed by atoms with Crippen molar-refractivity contribution in [3.63, 3.8) is 0 Å². The first-order valence-corrected chi connectivity index (χ1v) is 6.87. The van der Waals surface area contributed by atoms with Crippen molar-refractivity contribution < 1.29 is 17.9 Å². The van der Waals surface area contributed by atoms with Crippen LogP contribution in [0.4, 0.5) is 0 Å². The van der Waals surface area contributed by atoms with Gasteiger partial charge in [-0.2, -0.15) is 0 Å². The predicted molar refractivity (Wildman–Crippen MR) is 59.2 cm³/mol. The molecule has 2 N–H and O–H groups in total. The van der Waals surface area contributed by atoms with E-state index >= 15 is 0 Å². The first-order chi connectivity index (χ1) is 7.45. The van der Waals surface area contributed by atoms with Gasteiger partial charge in [-0.25, -0.2) is 12.7 Å². The Morgan fingerprint density at radius 1 is 1.56 bits per heavy atom. The van der Waals surface area contributed by atoms with Crippen molar-refractivity contribution in [2.75, 3.05) is 26.0 Å². The second-order valence-electron chi connectivity index (χ2n) is 3.90. The second-order valence-corrected chi connectivity index (χ2v) is 5.99. The molecule has 7 heteroatoms. The minimum absolute atomic E-state index is 0.0957. The molecule has 1 heterocycles. The number of carbonyl (C=O) groups excluding carboxylic acids is 1. The molecule has 0 aromatic heterocycles. The van der Waals surface area contributed by atoms with Gasteiger partial charge in [-0.1, -0.05) is 0 Å². The highest BCUT2D eigenvalue weighted by Crippen LogP contribution is 2.13. The van der Waals surface area contributed by atoms with Gasteiger partial charge in [-0.15, -0.1) is 0 Å². The van der Waals surface area contributed by atoms with E-state index in [0.717, 1.165) is 12.8 Å². The van der Waals surface area contributed by atoms with E-state index in [2.05, 4.69) is 4.74 Å². The Morgan fingerprint density at radius 2 is 2.25 bits per heavy atom. The van der Waals surface area contributed by atoms with Gasteiger partial charge in [0.05, 0.1) is 19.3 Å². The summed E-state index contributed by atoms with van der Waals surface area (Å²) in [7, 11) is -2.13. The molecular weight excluding hydrogens is 232 g/mol. The van der Waals surface area contributed by atoms with E-state index in [1.54, 1.807) is 0 Å². The molecule has 0 amide bonds. The molecule has 1 saturated heterocycles. The third-order valence-corrected chi connectivity index (χ3v) is 4.44. The molecule has 94 valence electrons. The highest BCUT2D eigenvalue weighted by molar-refractivity contribution is 7.89. The van der Waals surface area contributed by atoms with Crippen LogP contribution in [0.1, 0.15) is 19.3 Å². The molecule has 0 unspecified atom stereocenters. The minimum atomic E-state index is -3.37. The number of carbonyl (C=O) groups is 1. The van der Waals surface area contributed by atoms with Crippen LogP contribution in [0, 0.1) is 0 Å². The van der Waals surface area contributed by atoms with Crippen molar-refractivity contribution in [1.29, 1.82) is 0 Å². The summed E-state index contributed by atoms with van der Waals surface area (Å²) in [4.78, 5) is 10.9. The Morgan fingerprint density at radius 3 is 2.81 bits per heavy atom. The lowest BCUT2D eigenvalue weighted by molar-refractivity contribution is -0.140. The highest BCUT2D eigenvalue weighted by Gasteiger charge is 2.27. The van der Waals surface area contributed by atoms with Gasteiger partial charge in [0.1, 0.15) is 0 Å². The maximum Gasteiger partial charge on any atom is 0.306 e. The fourth-order valence-electron chi connectivity index (χ4n) is 1.67. The maximum atomic E-state index is 11.8. The van der Waals surface area contributed by atoms with E-state index in [0.29, 0.717) is 13.1 Å². The summed E-state index contributed by atoms with van der Waals surface area (Å²) in [5.74, 6) is -0.711. The number of hydrogen-bond acceptors (Lipinski definition) is 5. The molecule has 1 fully saturated rings. The quantitative estimate of drug-likeness (QED) is 0.666. The number of rotatable bonds is 4. The summed E-state index contributed by atoms with van der Waals surface area (Å²) in [5, 5.41) is 0. The van der Waals surface area contributed by atoms with E-state index in [1.807, 2.05) is 0 Å². The van der Waals surface area contributed by atoms with E-state index in [9.17, 15) is 13.2 Å². The van der Waals surface area contributed by atoms with Gasteiger partial charge in [-0.05, 0) is 12.8 Å². The molecule has 0 aromatic carbocycles. The number of ether oxygens (including phenoxy) is 1. The molecule has 0 bridgehead atoms. The third kappa shape index (κ3) is 3.73. The Labute approximate surface area is 95.8 Å². The number of esters is 1.